The molecule has 106 valence electrons. The molecule has 0 heterocycles. The summed E-state index contributed by atoms with van der Waals surface area (Å²) in [4.78, 5) is 10.2. The third-order valence-corrected chi connectivity index (χ3v) is 3.88. The molecule has 1 N–H and O–H groups in total. The highest BCUT2D eigenvalue weighted by atomic mass is 16.6. The standard InChI is InChI=1S/C15H24N2O2/c1-12(2)15(3,4)11-16-10-9-13-5-7-14(8-6-13)17(18)19/h5-8,12,16H,9-11H2,1-4H3. The van der Waals surface area contributed by atoms with E-state index < -0.39 is 0 Å². The Hall–Kier alpha value is -1.42. The molecular weight excluding hydrogens is 240 g/mol. The molecule has 0 aliphatic heterocycles. The van der Waals surface area contributed by atoms with E-state index in [1.165, 1.54) is 0 Å². The van der Waals surface area contributed by atoms with Crippen molar-refractivity contribution in [3.05, 3.63) is 39.9 Å². The van der Waals surface area contributed by atoms with E-state index >= 15 is 0 Å². The van der Waals surface area contributed by atoms with Crippen LogP contribution in [0.2, 0.25) is 0 Å². The van der Waals surface area contributed by atoms with Crippen molar-refractivity contribution in [3.63, 3.8) is 0 Å². The van der Waals surface area contributed by atoms with Gasteiger partial charge in [-0.3, -0.25) is 10.1 Å². The lowest BCUT2D eigenvalue weighted by atomic mass is 9.81. The van der Waals surface area contributed by atoms with E-state index in [2.05, 4.69) is 33.0 Å². The monoisotopic (exact) mass is 264 g/mol. The fourth-order valence-electron chi connectivity index (χ4n) is 1.63. The lowest BCUT2D eigenvalue weighted by Crippen LogP contribution is -2.34. The van der Waals surface area contributed by atoms with Crippen LogP contribution in [0.4, 0.5) is 5.69 Å². The van der Waals surface area contributed by atoms with Crippen LogP contribution >= 0.6 is 0 Å². The largest absolute Gasteiger partial charge is 0.316 e. The van der Waals surface area contributed by atoms with E-state index in [9.17, 15) is 10.1 Å². The van der Waals surface area contributed by atoms with Crippen LogP contribution in [0.5, 0.6) is 0 Å². The Morgan fingerprint density at radius 3 is 2.32 bits per heavy atom. The van der Waals surface area contributed by atoms with E-state index in [4.69, 9.17) is 0 Å². The van der Waals surface area contributed by atoms with E-state index in [1.54, 1.807) is 12.1 Å². The summed E-state index contributed by atoms with van der Waals surface area (Å²) in [7, 11) is 0. The molecule has 1 rings (SSSR count). The number of benzene rings is 1. The maximum absolute atomic E-state index is 10.5. The molecule has 19 heavy (non-hydrogen) atoms. The Balaban J connectivity index is 2.36. The molecule has 1 aromatic carbocycles. The molecule has 0 bridgehead atoms. The number of non-ortho nitro benzene ring substituents is 1. The molecule has 0 amide bonds. The average Bonchev–Trinajstić information content (AvgIpc) is 2.35. The number of hydrogen-bond acceptors (Lipinski definition) is 3. The number of nitro benzene ring substituents is 1. The predicted molar refractivity (Wildman–Crippen MR) is 78.3 cm³/mol. The highest BCUT2D eigenvalue weighted by Crippen LogP contribution is 2.24. The minimum absolute atomic E-state index is 0.151. The van der Waals surface area contributed by atoms with Crippen LogP contribution in [-0.2, 0) is 6.42 Å². The Kier molecular flexibility index (Phi) is 5.48. The van der Waals surface area contributed by atoms with Crippen molar-refractivity contribution in [2.24, 2.45) is 11.3 Å². The number of nitrogens with zero attached hydrogens (tertiary/aromatic N) is 1. The second kappa shape index (κ2) is 6.66. The molecule has 4 nitrogen and oxygen atoms in total. The first-order valence-corrected chi connectivity index (χ1v) is 6.77. The molecule has 0 radical (unpaired) electrons. The molecule has 0 atom stereocenters. The van der Waals surface area contributed by atoms with Gasteiger partial charge in [-0.2, -0.15) is 0 Å². The van der Waals surface area contributed by atoms with Crippen LogP contribution < -0.4 is 5.32 Å². The summed E-state index contributed by atoms with van der Waals surface area (Å²) in [6.07, 6.45) is 0.895. The zero-order chi connectivity index (χ0) is 14.5. The van der Waals surface area contributed by atoms with Gasteiger partial charge in [0, 0.05) is 18.7 Å². The van der Waals surface area contributed by atoms with Gasteiger partial charge in [0.2, 0.25) is 0 Å². The molecule has 0 aliphatic rings. The van der Waals surface area contributed by atoms with Gasteiger partial charge in [-0.15, -0.1) is 0 Å². The Morgan fingerprint density at radius 2 is 1.84 bits per heavy atom. The molecule has 4 heteroatoms. The topological polar surface area (TPSA) is 55.2 Å². The van der Waals surface area contributed by atoms with Crippen LogP contribution in [-0.4, -0.2) is 18.0 Å². The lowest BCUT2D eigenvalue weighted by Gasteiger charge is -2.29. The van der Waals surface area contributed by atoms with Crippen LogP contribution in [0.15, 0.2) is 24.3 Å². The number of rotatable bonds is 7. The quantitative estimate of drug-likeness (QED) is 0.466. The van der Waals surface area contributed by atoms with Gasteiger partial charge in [0.25, 0.3) is 5.69 Å². The summed E-state index contributed by atoms with van der Waals surface area (Å²) in [6, 6.07) is 6.78. The fraction of sp³-hybridized carbons (Fsp3) is 0.600. The van der Waals surface area contributed by atoms with Crippen molar-refractivity contribution < 1.29 is 4.92 Å². The maximum atomic E-state index is 10.5. The van der Waals surface area contributed by atoms with Crippen LogP contribution in [0.25, 0.3) is 0 Å². The maximum Gasteiger partial charge on any atom is 0.269 e. The molecule has 0 spiro atoms. The SMILES string of the molecule is CC(C)C(C)(C)CNCCc1ccc([N+](=O)[O-])cc1. The lowest BCUT2D eigenvalue weighted by molar-refractivity contribution is -0.384. The average molecular weight is 264 g/mol. The molecule has 0 fully saturated rings. The van der Waals surface area contributed by atoms with Crippen molar-refractivity contribution in [1.82, 2.24) is 5.32 Å². The molecule has 0 aliphatic carbocycles. The van der Waals surface area contributed by atoms with Gasteiger partial charge in [0.15, 0.2) is 0 Å². The molecule has 0 saturated heterocycles. The minimum atomic E-state index is -0.368. The number of nitrogens with one attached hydrogen (secondary N) is 1. The van der Waals surface area contributed by atoms with Gasteiger partial charge in [-0.05, 0) is 29.9 Å². The van der Waals surface area contributed by atoms with Crippen LogP contribution in [0, 0.1) is 21.4 Å². The Labute approximate surface area is 115 Å². The second-order valence-corrected chi connectivity index (χ2v) is 5.99. The zero-order valence-electron chi connectivity index (χ0n) is 12.3. The predicted octanol–water partition coefficient (Wildman–Crippen LogP) is 3.41. The van der Waals surface area contributed by atoms with Gasteiger partial charge in [-0.1, -0.05) is 39.8 Å². The van der Waals surface area contributed by atoms with Crippen molar-refractivity contribution in [2.45, 2.75) is 34.1 Å². The molecule has 0 aromatic heterocycles. The van der Waals surface area contributed by atoms with Gasteiger partial charge in [0.05, 0.1) is 4.92 Å². The first kappa shape index (κ1) is 15.6. The van der Waals surface area contributed by atoms with Gasteiger partial charge in [0.1, 0.15) is 0 Å². The van der Waals surface area contributed by atoms with Crippen molar-refractivity contribution in [1.29, 1.82) is 0 Å². The highest BCUT2D eigenvalue weighted by Gasteiger charge is 2.21. The molecule has 0 saturated carbocycles. The van der Waals surface area contributed by atoms with Gasteiger partial charge >= 0.3 is 0 Å². The van der Waals surface area contributed by atoms with Gasteiger partial charge in [-0.25, -0.2) is 0 Å². The van der Waals surface area contributed by atoms with E-state index in [0.29, 0.717) is 5.92 Å². The first-order valence-electron chi connectivity index (χ1n) is 6.77. The Morgan fingerprint density at radius 1 is 1.26 bits per heavy atom. The van der Waals surface area contributed by atoms with Gasteiger partial charge < -0.3 is 5.32 Å². The third-order valence-electron chi connectivity index (χ3n) is 3.88. The summed E-state index contributed by atoms with van der Waals surface area (Å²) >= 11 is 0. The molecule has 1 aromatic rings. The van der Waals surface area contributed by atoms with Crippen molar-refractivity contribution in [3.8, 4) is 0 Å². The summed E-state index contributed by atoms with van der Waals surface area (Å²) < 4.78 is 0. The van der Waals surface area contributed by atoms with E-state index in [0.717, 1.165) is 25.1 Å². The smallest absolute Gasteiger partial charge is 0.269 e. The fourth-order valence-corrected chi connectivity index (χ4v) is 1.63. The van der Waals surface area contributed by atoms with Crippen molar-refractivity contribution in [2.75, 3.05) is 13.1 Å². The van der Waals surface area contributed by atoms with E-state index in [-0.39, 0.29) is 16.0 Å². The molecular formula is C15H24N2O2. The van der Waals surface area contributed by atoms with E-state index in [1.807, 2.05) is 12.1 Å². The number of nitro groups is 1. The molecule has 0 unspecified atom stereocenters. The second-order valence-electron chi connectivity index (χ2n) is 5.99. The summed E-state index contributed by atoms with van der Waals surface area (Å²) in [5, 5.41) is 14.0. The highest BCUT2D eigenvalue weighted by molar-refractivity contribution is 5.32. The normalized spacial score (nSPS) is 11.8. The number of hydrogen-bond donors (Lipinski definition) is 1. The summed E-state index contributed by atoms with van der Waals surface area (Å²) in [5.41, 5.74) is 1.56. The Bertz CT molecular complexity index is 411. The van der Waals surface area contributed by atoms with Crippen LogP contribution in [0.3, 0.4) is 0 Å². The van der Waals surface area contributed by atoms with Crippen LogP contribution in [0.1, 0.15) is 33.3 Å². The summed E-state index contributed by atoms with van der Waals surface area (Å²) in [6.45, 7) is 10.9. The minimum Gasteiger partial charge on any atom is -0.316 e. The van der Waals surface area contributed by atoms with Crippen molar-refractivity contribution >= 4 is 5.69 Å². The first-order chi connectivity index (χ1) is 8.83. The third kappa shape index (κ3) is 4.99. The zero-order valence-corrected chi connectivity index (χ0v) is 12.3. The summed E-state index contributed by atoms with van der Waals surface area (Å²) in [5.74, 6) is 0.638.